The van der Waals surface area contributed by atoms with E-state index in [0.717, 1.165) is 60.5 Å². The average Bonchev–Trinajstić information content (AvgIpc) is 3.55. The molecule has 0 spiro atoms. The molecule has 1 atom stereocenters. The third-order valence-electron chi connectivity index (χ3n) is 7.89. The Morgan fingerprint density at radius 3 is 2.60 bits per heavy atom. The van der Waals surface area contributed by atoms with Gasteiger partial charge < -0.3 is 25.8 Å². The Bertz CT molecular complexity index is 1460. The second-order valence-corrected chi connectivity index (χ2v) is 10.5. The number of nitrogens with zero attached hydrogens (tertiary/aromatic N) is 5. The molecule has 0 radical (unpaired) electrons. The van der Waals surface area contributed by atoms with Crippen LogP contribution in [0.15, 0.2) is 67.0 Å². The second kappa shape index (κ2) is 12.4. The van der Waals surface area contributed by atoms with Crippen LogP contribution in [0.2, 0.25) is 0 Å². The van der Waals surface area contributed by atoms with E-state index in [9.17, 15) is 4.79 Å². The molecule has 9 heteroatoms. The summed E-state index contributed by atoms with van der Waals surface area (Å²) in [4.78, 5) is 26.9. The fourth-order valence-corrected chi connectivity index (χ4v) is 5.63. The molecule has 1 amide bonds. The number of carbonyl (C=O) groups excluding carboxylic acids is 1. The number of amidine groups is 1. The predicted molar refractivity (Wildman–Crippen MR) is 160 cm³/mol. The molecule has 2 aromatic carbocycles. The molecule has 5 N–H and O–H groups in total. The maximum absolute atomic E-state index is 13.6. The molecule has 0 bridgehead atoms. The van der Waals surface area contributed by atoms with Crippen LogP contribution in [-0.4, -0.2) is 63.9 Å². The van der Waals surface area contributed by atoms with E-state index >= 15 is 0 Å². The number of nitrogens with two attached hydrogens (primary N) is 2. The largest absolute Gasteiger partial charge is 0.384 e. The summed E-state index contributed by atoms with van der Waals surface area (Å²) in [6.45, 7) is 2.79. The molecule has 3 heterocycles. The summed E-state index contributed by atoms with van der Waals surface area (Å²) < 4.78 is 2.33. The van der Waals surface area contributed by atoms with Gasteiger partial charge in [0.1, 0.15) is 11.7 Å². The molecule has 2 aromatic heterocycles. The first-order valence-electron chi connectivity index (χ1n) is 14.0. The van der Waals surface area contributed by atoms with E-state index in [2.05, 4.69) is 21.5 Å². The number of pyridine rings is 1. The first kappa shape index (κ1) is 27.5. The van der Waals surface area contributed by atoms with Crippen molar-refractivity contribution in [3.63, 3.8) is 0 Å². The van der Waals surface area contributed by atoms with Gasteiger partial charge in [0, 0.05) is 49.4 Å². The van der Waals surface area contributed by atoms with E-state index < -0.39 is 0 Å². The van der Waals surface area contributed by atoms with Crippen molar-refractivity contribution in [2.24, 2.45) is 11.5 Å². The summed E-state index contributed by atoms with van der Waals surface area (Å²) >= 11 is 0. The van der Waals surface area contributed by atoms with Gasteiger partial charge in [-0.1, -0.05) is 24.3 Å². The number of benzene rings is 2. The summed E-state index contributed by atoms with van der Waals surface area (Å²) in [5, 5.41) is 7.63. The smallest absolute Gasteiger partial charge is 0.258 e. The predicted octanol–water partition coefficient (Wildman–Crippen LogP) is 3.59. The highest BCUT2D eigenvalue weighted by Crippen LogP contribution is 2.25. The van der Waals surface area contributed by atoms with Crippen molar-refractivity contribution >= 4 is 28.5 Å². The van der Waals surface area contributed by atoms with Crippen LogP contribution in [0.5, 0.6) is 0 Å². The number of fused-ring (bicyclic) bond motifs is 1. The Morgan fingerprint density at radius 2 is 1.93 bits per heavy atom. The Labute approximate surface area is 235 Å². The Morgan fingerprint density at radius 1 is 1.12 bits per heavy atom. The van der Waals surface area contributed by atoms with Gasteiger partial charge in [-0.2, -0.15) is 0 Å². The lowest BCUT2D eigenvalue weighted by molar-refractivity contribution is 0.0987. The van der Waals surface area contributed by atoms with Crippen LogP contribution in [0.3, 0.4) is 0 Å². The quantitative estimate of drug-likeness (QED) is 0.198. The van der Waals surface area contributed by atoms with Gasteiger partial charge in [0.05, 0.1) is 22.9 Å². The topological polar surface area (TPSA) is 130 Å². The molecule has 0 saturated carbocycles. The summed E-state index contributed by atoms with van der Waals surface area (Å²) in [6.07, 6.45) is 8.50. The molecule has 208 valence electrons. The van der Waals surface area contributed by atoms with Crippen LogP contribution in [0.25, 0.3) is 11.0 Å². The van der Waals surface area contributed by atoms with Gasteiger partial charge in [0.2, 0.25) is 0 Å². The molecule has 1 aliphatic heterocycles. The number of anilines is 1. The van der Waals surface area contributed by atoms with Crippen LogP contribution in [0.4, 0.5) is 5.69 Å². The highest BCUT2D eigenvalue weighted by molar-refractivity contribution is 6.07. The average molecular weight is 539 g/mol. The zero-order valence-electron chi connectivity index (χ0n) is 23.1. The Hall–Kier alpha value is -4.08. The monoisotopic (exact) mass is 538 g/mol. The number of aryl methyl sites for hydroxylation is 3. The van der Waals surface area contributed by atoms with Crippen molar-refractivity contribution in [1.82, 2.24) is 19.4 Å². The van der Waals surface area contributed by atoms with Crippen LogP contribution < -0.4 is 16.4 Å². The molecule has 1 fully saturated rings. The van der Waals surface area contributed by atoms with E-state index in [0.29, 0.717) is 24.7 Å². The SMILES string of the molecule is CN1CCCC1CCn1c(CCc2ccc(C(=N)N)cc2)nc2cc(C(=O)N(CCN)c3cccnc3)ccc21. The van der Waals surface area contributed by atoms with Crippen LogP contribution in [0.1, 0.15) is 46.6 Å². The first-order chi connectivity index (χ1) is 19.4. The summed E-state index contributed by atoms with van der Waals surface area (Å²) in [5.74, 6) is 0.973. The number of carbonyl (C=O) groups is 1. The second-order valence-electron chi connectivity index (χ2n) is 10.5. The van der Waals surface area contributed by atoms with Crippen molar-refractivity contribution in [1.29, 1.82) is 5.41 Å². The number of nitrogens with one attached hydrogen (secondary N) is 1. The fourth-order valence-electron chi connectivity index (χ4n) is 5.63. The number of likely N-dealkylation sites (tertiary alicyclic amines) is 1. The lowest BCUT2D eigenvalue weighted by atomic mass is 10.1. The molecule has 1 saturated heterocycles. The summed E-state index contributed by atoms with van der Waals surface area (Å²) in [5.41, 5.74) is 16.5. The summed E-state index contributed by atoms with van der Waals surface area (Å²) in [6, 6.07) is 17.9. The molecular weight excluding hydrogens is 500 g/mol. The maximum atomic E-state index is 13.6. The summed E-state index contributed by atoms with van der Waals surface area (Å²) in [7, 11) is 2.21. The fraction of sp³-hybridized carbons (Fsp3) is 0.355. The van der Waals surface area contributed by atoms with Crippen LogP contribution >= 0.6 is 0 Å². The molecule has 4 aromatic rings. The molecule has 5 rings (SSSR count). The van der Waals surface area contributed by atoms with E-state index in [1.807, 2.05) is 54.6 Å². The Balaban J connectivity index is 1.43. The number of hydrogen-bond acceptors (Lipinski definition) is 6. The van der Waals surface area contributed by atoms with Crippen molar-refractivity contribution < 1.29 is 4.79 Å². The first-order valence-corrected chi connectivity index (χ1v) is 14.0. The van der Waals surface area contributed by atoms with Gasteiger partial charge in [-0.05, 0) is 75.2 Å². The number of hydrogen-bond donors (Lipinski definition) is 3. The number of imidazole rings is 1. The van der Waals surface area contributed by atoms with Gasteiger partial charge in [0.15, 0.2) is 0 Å². The Kier molecular flexibility index (Phi) is 8.52. The number of rotatable bonds is 11. The zero-order chi connectivity index (χ0) is 28.1. The highest BCUT2D eigenvalue weighted by Gasteiger charge is 2.23. The normalized spacial score (nSPS) is 15.5. The van der Waals surface area contributed by atoms with Gasteiger partial charge in [0.25, 0.3) is 5.91 Å². The standard InChI is InChI=1S/C31H38N8O/c1-37-17-3-5-25(37)14-18-39-28-12-11-24(31(40)38(19-15-32)26-4-2-16-35-21-26)20-27(28)36-29(39)13-8-22-6-9-23(10-7-22)30(33)34/h2,4,6-7,9-12,16,20-21,25H,3,5,8,13-15,17-19,32H2,1H3,(H3,33,34). The number of aromatic nitrogens is 3. The molecule has 1 unspecified atom stereocenters. The third kappa shape index (κ3) is 6.05. The van der Waals surface area contributed by atoms with Crippen molar-refractivity contribution in [2.75, 3.05) is 31.6 Å². The lowest BCUT2D eigenvalue weighted by Crippen LogP contribution is -2.35. The van der Waals surface area contributed by atoms with E-state index in [1.54, 1.807) is 17.3 Å². The van der Waals surface area contributed by atoms with Crippen molar-refractivity contribution in [2.45, 2.75) is 44.7 Å². The van der Waals surface area contributed by atoms with E-state index in [4.69, 9.17) is 21.9 Å². The van der Waals surface area contributed by atoms with Crippen molar-refractivity contribution in [3.8, 4) is 0 Å². The lowest BCUT2D eigenvalue weighted by Gasteiger charge is -2.22. The molecular formula is C31H38N8O. The molecule has 9 nitrogen and oxygen atoms in total. The minimum atomic E-state index is -0.116. The number of amides is 1. The van der Waals surface area contributed by atoms with Gasteiger partial charge in [-0.25, -0.2) is 4.98 Å². The van der Waals surface area contributed by atoms with Crippen LogP contribution in [-0.2, 0) is 19.4 Å². The third-order valence-corrected chi connectivity index (χ3v) is 7.89. The van der Waals surface area contributed by atoms with Gasteiger partial charge in [-0.3, -0.25) is 15.2 Å². The number of nitrogen functional groups attached to an aromatic ring is 1. The maximum Gasteiger partial charge on any atom is 0.258 e. The van der Waals surface area contributed by atoms with Gasteiger partial charge in [-0.15, -0.1) is 0 Å². The van der Waals surface area contributed by atoms with E-state index in [-0.39, 0.29) is 11.7 Å². The minimum Gasteiger partial charge on any atom is -0.384 e. The van der Waals surface area contributed by atoms with Crippen LogP contribution in [0, 0.1) is 5.41 Å². The zero-order valence-corrected chi connectivity index (χ0v) is 23.1. The van der Waals surface area contributed by atoms with Crippen molar-refractivity contribution in [3.05, 3.63) is 89.5 Å². The molecule has 0 aliphatic carbocycles. The highest BCUT2D eigenvalue weighted by atomic mass is 16.2. The minimum absolute atomic E-state index is 0.0733. The molecule has 40 heavy (non-hydrogen) atoms. The molecule has 1 aliphatic rings. The van der Waals surface area contributed by atoms with Gasteiger partial charge >= 0.3 is 0 Å². The van der Waals surface area contributed by atoms with E-state index in [1.165, 1.54) is 18.4 Å².